The summed E-state index contributed by atoms with van der Waals surface area (Å²) in [6, 6.07) is 17.9. The van der Waals surface area contributed by atoms with Gasteiger partial charge in [0, 0.05) is 10.6 Å². The monoisotopic (exact) mass is 581 g/mol. The predicted molar refractivity (Wildman–Crippen MR) is 138 cm³/mol. The van der Waals surface area contributed by atoms with Gasteiger partial charge in [0.05, 0.1) is 26.0 Å². The quantitative estimate of drug-likeness (QED) is 0.274. The molecular weight excluding hydrogens is 569 g/mol. The first-order valence-electron chi connectivity index (χ1n) is 9.67. The van der Waals surface area contributed by atoms with Crippen LogP contribution in [0, 0.1) is 0 Å². The lowest BCUT2D eigenvalue weighted by molar-refractivity contribution is -0.123. The van der Waals surface area contributed by atoms with Crippen LogP contribution >= 0.6 is 62.5 Å². The standard InChI is InChI=1S/C24H15BrCl3NO3S/c25-17-9-14(6-8-21(17)32-13-16-3-1-2-4-18(16)26)11-22-23(30)29(24(31)33-22)12-15-5-7-19(27)20(28)10-15/h1-11H,12-13H2/b22-11-. The van der Waals surface area contributed by atoms with E-state index in [2.05, 4.69) is 15.9 Å². The molecule has 0 aromatic heterocycles. The highest BCUT2D eigenvalue weighted by Crippen LogP contribution is 2.35. The molecule has 3 aromatic rings. The van der Waals surface area contributed by atoms with Gasteiger partial charge in [-0.15, -0.1) is 0 Å². The average Bonchev–Trinajstić information content (AvgIpc) is 3.04. The van der Waals surface area contributed by atoms with Crippen LogP contribution in [0.3, 0.4) is 0 Å². The fourth-order valence-corrected chi connectivity index (χ4v) is 4.96. The van der Waals surface area contributed by atoms with Gasteiger partial charge < -0.3 is 4.74 Å². The number of ether oxygens (including phenoxy) is 1. The summed E-state index contributed by atoms with van der Waals surface area (Å²) >= 11 is 22.6. The second-order valence-corrected chi connectivity index (χ2v) is 10.2. The van der Waals surface area contributed by atoms with E-state index in [1.54, 1.807) is 30.3 Å². The topological polar surface area (TPSA) is 46.6 Å². The molecule has 2 amide bonds. The van der Waals surface area contributed by atoms with Crippen LogP contribution < -0.4 is 4.74 Å². The van der Waals surface area contributed by atoms with Crippen LogP contribution in [-0.2, 0) is 17.9 Å². The second-order valence-electron chi connectivity index (χ2n) is 7.09. The highest BCUT2D eigenvalue weighted by Gasteiger charge is 2.35. The van der Waals surface area contributed by atoms with Crippen LogP contribution in [0.25, 0.3) is 6.08 Å². The number of amides is 2. The highest BCUT2D eigenvalue weighted by atomic mass is 79.9. The Hall–Kier alpha value is -1.96. The minimum absolute atomic E-state index is 0.122. The smallest absolute Gasteiger partial charge is 0.293 e. The van der Waals surface area contributed by atoms with Gasteiger partial charge in [-0.3, -0.25) is 14.5 Å². The van der Waals surface area contributed by atoms with E-state index < -0.39 is 0 Å². The minimum atomic E-state index is -0.355. The maximum absolute atomic E-state index is 12.8. The number of halogens is 4. The summed E-state index contributed by atoms with van der Waals surface area (Å²) in [6.45, 7) is 0.447. The third-order valence-electron chi connectivity index (χ3n) is 4.79. The fourth-order valence-electron chi connectivity index (χ4n) is 3.10. The third kappa shape index (κ3) is 5.76. The fraction of sp³-hybridized carbons (Fsp3) is 0.0833. The van der Waals surface area contributed by atoms with E-state index in [4.69, 9.17) is 39.5 Å². The van der Waals surface area contributed by atoms with Gasteiger partial charge in [0.25, 0.3) is 11.1 Å². The molecule has 33 heavy (non-hydrogen) atoms. The van der Waals surface area contributed by atoms with E-state index >= 15 is 0 Å². The molecule has 0 saturated carbocycles. The number of thioether (sulfide) groups is 1. The van der Waals surface area contributed by atoms with Gasteiger partial charge in [0.15, 0.2) is 0 Å². The zero-order chi connectivity index (χ0) is 23.5. The molecule has 4 rings (SSSR count). The normalized spacial score (nSPS) is 14.9. The number of carbonyl (C=O) groups is 2. The zero-order valence-corrected chi connectivity index (χ0v) is 21.5. The molecule has 4 nitrogen and oxygen atoms in total. The Bertz CT molecular complexity index is 1280. The summed E-state index contributed by atoms with van der Waals surface area (Å²) in [5, 5.41) is 1.09. The van der Waals surface area contributed by atoms with E-state index in [-0.39, 0.29) is 17.7 Å². The van der Waals surface area contributed by atoms with E-state index in [1.165, 1.54) is 4.90 Å². The number of hydrogen-bond acceptors (Lipinski definition) is 4. The molecule has 0 radical (unpaired) electrons. The molecule has 0 aliphatic carbocycles. The van der Waals surface area contributed by atoms with Gasteiger partial charge in [-0.25, -0.2) is 0 Å². The van der Waals surface area contributed by atoms with Crippen molar-refractivity contribution in [2.24, 2.45) is 0 Å². The zero-order valence-electron chi connectivity index (χ0n) is 16.9. The number of imide groups is 1. The van der Waals surface area contributed by atoms with Crippen molar-refractivity contribution in [2.75, 3.05) is 0 Å². The lowest BCUT2D eigenvalue weighted by Gasteiger charge is -2.13. The number of nitrogens with zero attached hydrogens (tertiary/aromatic N) is 1. The van der Waals surface area contributed by atoms with Crippen molar-refractivity contribution in [1.82, 2.24) is 4.90 Å². The SMILES string of the molecule is O=C1S/C(=C\c2ccc(OCc3ccccc3Cl)c(Br)c2)C(=O)N1Cc1ccc(Cl)c(Cl)c1. The van der Waals surface area contributed by atoms with Crippen molar-refractivity contribution < 1.29 is 14.3 Å². The van der Waals surface area contributed by atoms with Crippen molar-refractivity contribution >= 4 is 79.7 Å². The van der Waals surface area contributed by atoms with E-state index in [9.17, 15) is 9.59 Å². The Balaban J connectivity index is 1.46. The lowest BCUT2D eigenvalue weighted by Crippen LogP contribution is -2.27. The lowest BCUT2D eigenvalue weighted by atomic mass is 10.2. The number of hydrogen-bond donors (Lipinski definition) is 0. The maximum atomic E-state index is 12.8. The van der Waals surface area contributed by atoms with Gasteiger partial charge in [-0.05, 0) is 75.2 Å². The first-order valence-corrected chi connectivity index (χ1v) is 12.4. The van der Waals surface area contributed by atoms with Gasteiger partial charge >= 0.3 is 0 Å². The van der Waals surface area contributed by atoms with Gasteiger partial charge in [-0.1, -0.05) is 65.1 Å². The number of benzene rings is 3. The van der Waals surface area contributed by atoms with Crippen molar-refractivity contribution in [2.45, 2.75) is 13.2 Å². The van der Waals surface area contributed by atoms with Crippen molar-refractivity contribution in [1.29, 1.82) is 0 Å². The van der Waals surface area contributed by atoms with Crippen LogP contribution in [0.1, 0.15) is 16.7 Å². The van der Waals surface area contributed by atoms with E-state index in [1.807, 2.05) is 36.4 Å². The summed E-state index contributed by atoms with van der Waals surface area (Å²) in [7, 11) is 0. The van der Waals surface area contributed by atoms with E-state index in [0.29, 0.717) is 32.3 Å². The molecule has 1 heterocycles. The van der Waals surface area contributed by atoms with Crippen molar-refractivity contribution in [3.8, 4) is 5.75 Å². The first-order chi connectivity index (χ1) is 15.8. The maximum Gasteiger partial charge on any atom is 0.293 e. The molecule has 0 N–H and O–H groups in total. The number of rotatable bonds is 6. The van der Waals surface area contributed by atoms with Crippen LogP contribution in [0.15, 0.2) is 70.0 Å². The molecular formula is C24H15BrCl3NO3S. The minimum Gasteiger partial charge on any atom is -0.488 e. The second kappa shape index (κ2) is 10.5. The van der Waals surface area contributed by atoms with Crippen LogP contribution in [0.2, 0.25) is 15.1 Å². The molecule has 0 atom stereocenters. The first kappa shape index (κ1) is 24.2. The molecule has 9 heteroatoms. The summed E-state index contributed by atoms with van der Waals surface area (Å²) in [6.07, 6.45) is 1.68. The Morgan fingerprint density at radius 3 is 2.45 bits per heavy atom. The summed E-state index contributed by atoms with van der Waals surface area (Å²) in [5.74, 6) is 0.283. The molecule has 0 spiro atoms. The van der Waals surface area contributed by atoms with Crippen LogP contribution in [0.4, 0.5) is 4.79 Å². The Labute approximate surface area is 218 Å². The van der Waals surface area contributed by atoms with Gasteiger partial charge in [0.2, 0.25) is 0 Å². The highest BCUT2D eigenvalue weighted by molar-refractivity contribution is 9.10. The summed E-state index contributed by atoms with van der Waals surface area (Å²) in [5.41, 5.74) is 2.36. The van der Waals surface area contributed by atoms with Gasteiger partial charge in [0.1, 0.15) is 12.4 Å². The summed E-state index contributed by atoms with van der Waals surface area (Å²) < 4.78 is 6.58. The van der Waals surface area contributed by atoms with Crippen LogP contribution in [-0.4, -0.2) is 16.0 Å². The molecule has 1 fully saturated rings. The summed E-state index contributed by atoms with van der Waals surface area (Å²) in [4.78, 5) is 26.8. The molecule has 0 bridgehead atoms. The predicted octanol–water partition coefficient (Wildman–Crippen LogP) is 8.22. The van der Waals surface area contributed by atoms with Crippen molar-refractivity contribution in [3.63, 3.8) is 0 Å². The van der Waals surface area contributed by atoms with Crippen LogP contribution in [0.5, 0.6) is 5.75 Å². The average molecular weight is 584 g/mol. The Kier molecular flexibility index (Phi) is 7.72. The molecule has 1 aliphatic heterocycles. The third-order valence-corrected chi connectivity index (χ3v) is 7.43. The van der Waals surface area contributed by atoms with E-state index in [0.717, 1.165) is 32.9 Å². The Morgan fingerprint density at radius 2 is 1.73 bits per heavy atom. The molecule has 168 valence electrons. The molecule has 0 unspecified atom stereocenters. The Morgan fingerprint density at radius 1 is 0.939 bits per heavy atom. The number of carbonyl (C=O) groups excluding carboxylic acids is 2. The van der Waals surface area contributed by atoms with Crippen molar-refractivity contribution in [3.05, 3.63) is 102 Å². The largest absolute Gasteiger partial charge is 0.488 e. The van der Waals surface area contributed by atoms with Gasteiger partial charge in [-0.2, -0.15) is 0 Å². The molecule has 3 aromatic carbocycles. The molecule has 1 aliphatic rings. The molecule has 1 saturated heterocycles.